The fourth-order valence-electron chi connectivity index (χ4n) is 2.97. The fourth-order valence-corrected chi connectivity index (χ4v) is 5.14. The zero-order valence-electron chi connectivity index (χ0n) is 18.4. The normalized spacial score (nSPS) is 11.6. The van der Waals surface area contributed by atoms with E-state index in [1.54, 1.807) is 31.4 Å². The third-order valence-corrected chi connectivity index (χ3v) is 7.62. The highest BCUT2D eigenvalue weighted by atomic mass is 32.2. The van der Waals surface area contributed by atoms with E-state index in [2.05, 4.69) is 10.2 Å². The van der Waals surface area contributed by atoms with Gasteiger partial charge in [0, 0.05) is 24.4 Å². The molecule has 0 amide bonds. The number of hydrogen-bond acceptors (Lipinski definition) is 8. The van der Waals surface area contributed by atoms with Crippen LogP contribution in [0.3, 0.4) is 0 Å². The van der Waals surface area contributed by atoms with Crippen molar-refractivity contribution in [1.29, 1.82) is 0 Å². The lowest BCUT2D eigenvalue weighted by molar-refractivity contribution is 0.317. The van der Waals surface area contributed by atoms with Crippen LogP contribution in [-0.2, 0) is 10.0 Å². The molecule has 8 nitrogen and oxygen atoms in total. The van der Waals surface area contributed by atoms with Crippen molar-refractivity contribution in [3.8, 4) is 23.0 Å². The van der Waals surface area contributed by atoms with Gasteiger partial charge in [-0.2, -0.15) is 4.31 Å². The molecule has 0 aliphatic carbocycles. The van der Waals surface area contributed by atoms with Crippen molar-refractivity contribution in [1.82, 2.24) is 14.5 Å². The van der Waals surface area contributed by atoms with Crippen molar-refractivity contribution >= 4 is 21.8 Å². The summed E-state index contributed by atoms with van der Waals surface area (Å²) in [6.45, 7) is 5.01. The molecule has 0 saturated heterocycles. The quantitative estimate of drug-likeness (QED) is 0.281. The van der Waals surface area contributed by atoms with E-state index in [0.717, 1.165) is 23.7 Å². The predicted octanol–water partition coefficient (Wildman–Crippen LogP) is 4.34. The number of rotatable bonds is 12. The molecule has 2 aromatic carbocycles. The molecular weight excluding hydrogens is 450 g/mol. The third kappa shape index (κ3) is 6.02. The van der Waals surface area contributed by atoms with Crippen LogP contribution in [0.15, 0.2) is 63.1 Å². The Labute approximate surface area is 193 Å². The maximum Gasteiger partial charge on any atom is 0.276 e. The molecule has 0 atom stereocenters. The Hall–Kier alpha value is -2.56. The molecule has 10 heteroatoms. The van der Waals surface area contributed by atoms with Crippen molar-refractivity contribution in [2.75, 3.05) is 32.6 Å². The number of sulfonamides is 1. The van der Waals surface area contributed by atoms with Crippen LogP contribution < -0.4 is 9.47 Å². The molecule has 0 radical (unpaired) electrons. The van der Waals surface area contributed by atoms with E-state index in [1.807, 2.05) is 38.1 Å². The van der Waals surface area contributed by atoms with Gasteiger partial charge in [0.2, 0.25) is 15.9 Å². The van der Waals surface area contributed by atoms with Gasteiger partial charge in [-0.1, -0.05) is 31.7 Å². The van der Waals surface area contributed by atoms with E-state index in [-0.39, 0.29) is 4.90 Å². The first-order valence-corrected chi connectivity index (χ1v) is 12.7. The number of nitrogens with zero attached hydrogens (tertiary/aromatic N) is 3. The van der Waals surface area contributed by atoms with Gasteiger partial charge >= 0.3 is 0 Å². The Kier molecular flexibility index (Phi) is 8.54. The maximum atomic E-state index is 12.8. The lowest BCUT2D eigenvalue weighted by Crippen LogP contribution is -2.30. The van der Waals surface area contributed by atoms with E-state index < -0.39 is 10.0 Å². The largest absolute Gasteiger partial charge is 0.497 e. The summed E-state index contributed by atoms with van der Waals surface area (Å²) in [5.41, 5.74) is 0.570. The predicted molar refractivity (Wildman–Crippen MR) is 124 cm³/mol. The summed E-state index contributed by atoms with van der Waals surface area (Å²) in [5, 5.41) is 8.56. The van der Waals surface area contributed by atoms with Gasteiger partial charge in [0.05, 0.1) is 18.6 Å². The SMILES string of the molecule is CCN(CC)S(=O)(=O)c1cccc(-c2nnc(SCCCOc3ccc(OC)cc3)o2)c1. The lowest BCUT2D eigenvalue weighted by Gasteiger charge is -2.18. The van der Waals surface area contributed by atoms with Crippen LogP contribution in [0.25, 0.3) is 11.5 Å². The average molecular weight is 478 g/mol. The zero-order chi connectivity index (χ0) is 23.0. The van der Waals surface area contributed by atoms with Gasteiger partial charge in [0.25, 0.3) is 5.22 Å². The Balaban J connectivity index is 1.54. The summed E-state index contributed by atoms with van der Waals surface area (Å²) in [4.78, 5) is 0.210. The molecule has 0 saturated carbocycles. The summed E-state index contributed by atoms with van der Waals surface area (Å²) < 4.78 is 43.5. The van der Waals surface area contributed by atoms with Crippen LogP contribution >= 0.6 is 11.8 Å². The first-order chi connectivity index (χ1) is 15.5. The van der Waals surface area contributed by atoms with E-state index in [0.29, 0.717) is 36.4 Å². The van der Waals surface area contributed by atoms with Crippen LogP contribution in [-0.4, -0.2) is 55.5 Å². The molecule has 0 aliphatic rings. The molecular formula is C22H27N3O5S2. The maximum absolute atomic E-state index is 12.8. The minimum Gasteiger partial charge on any atom is -0.497 e. The number of hydrogen-bond donors (Lipinski definition) is 0. The van der Waals surface area contributed by atoms with E-state index in [1.165, 1.54) is 16.1 Å². The highest BCUT2D eigenvalue weighted by molar-refractivity contribution is 7.99. The Morgan fingerprint density at radius 2 is 1.75 bits per heavy atom. The summed E-state index contributed by atoms with van der Waals surface area (Å²) in [5.74, 6) is 2.61. The standard InChI is InChI=1S/C22H27N3O5S2/c1-4-25(5-2)32(26,27)20-9-6-8-17(16-20)21-23-24-22(30-21)31-15-7-14-29-19-12-10-18(28-3)11-13-19/h6,8-13,16H,4-5,7,14-15H2,1-3H3. The topological polar surface area (TPSA) is 94.8 Å². The first kappa shape index (κ1) is 24.1. The monoisotopic (exact) mass is 477 g/mol. The van der Waals surface area contributed by atoms with Gasteiger partial charge in [-0.25, -0.2) is 8.42 Å². The van der Waals surface area contributed by atoms with Crippen molar-refractivity contribution in [2.24, 2.45) is 0 Å². The number of methoxy groups -OCH3 is 1. The van der Waals surface area contributed by atoms with Crippen molar-refractivity contribution in [3.05, 3.63) is 48.5 Å². The van der Waals surface area contributed by atoms with E-state index in [4.69, 9.17) is 13.9 Å². The first-order valence-electron chi connectivity index (χ1n) is 10.3. The molecule has 0 fully saturated rings. The molecule has 0 unspecified atom stereocenters. The van der Waals surface area contributed by atoms with Crippen LogP contribution in [0, 0.1) is 0 Å². The number of thioether (sulfide) groups is 1. The number of aromatic nitrogens is 2. The molecule has 0 aliphatic heterocycles. The average Bonchev–Trinajstić information content (AvgIpc) is 3.29. The highest BCUT2D eigenvalue weighted by Gasteiger charge is 2.22. The minimum atomic E-state index is -3.55. The minimum absolute atomic E-state index is 0.210. The van der Waals surface area contributed by atoms with Crippen molar-refractivity contribution in [2.45, 2.75) is 30.4 Å². The van der Waals surface area contributed by atoms with Gasteiger partial charge in [0.15, 0.2) is 0 Å². The molecule has 0 bridgehead atoms. The Morgan fingerprint density at radius 3 is 2.44 bits per heavy atom. The molecule has 0 N–H and O–H groups in total. The van der Waals surface area contributed by atoms with Gasteiger partial charge in [-0.05, 0) is 48.9 Å². The van der Waals surface area contributed by atoms with Crippen molar-refractivity contribution < 1.29 is 22.3 Å². The lowest BCUT2D eigenvalue weighted by atomic mass is 10.2. The van der Waals surface area contributed by atoms with Crippen molar-refractivity contribution in [3.63, 3.8) is 0 Å². The fraction of sp³-hybridized carbons (Fsp3) is 0.364. The van der Waals surface area contributed by atoms with Gasteiger partial charge in [0.1, 0.15) is 11.5 Å². The van der Waals surface area contributed by atoms with Crippen LogP contribution in [0.4, 0.5) is 0 Å². The molecule has 3 aromatic rings. The second-order valence-electron chi connectivity index (χ2n) is 6.72. The summed E-state index contributed by atoms with van der Waals surface area (Å²) in [7, 11) is -1.93. The van der Waals surface area contributed by atoms with Gasteiger partial charge in [-0.15, -0.1) is 10.2 Å². The number of ether oxygens (including phenoxy) is 2. The van der Waals surface area contributed by atoms with Gasteiger partial charge in [-0.3, -0.25) is 0 Å². The zero-order valence-corrected chi connectivity index (χ0v) is 20.0. The highest BCUT2D eigenvalue weighted by Crippen LogP contribution is 2.26. The molecule has 32 heavy (non-hydrogen) atoms. The number of benzene rings is 2. The summed E-state index contributed by atoms with van der Waals surface area (Å²) in [6, 6.07) is 14.0. The molecule has 3 rings (SSSR count). The second-order valence-corrected chi connectivity index (χ2v) is 9.70. The smallest absolute Gasteiger partial charge is 0.276 e. The summed E-state index contributed by atoms with van der Waals surface area (Å²) >= 11 is 1.43. The van der Waals surface area contributed by atoms with Crippen LogP contribution in [0.5, 0.6) is 11.5 Å². The molecule has 0 spiro atoms. The third-order valence-electron chi connectivity index (χ3n) is 4.67. The second kappa shape index (κ2) is 11.3. The van der Waals surface area contributed by atoms with Crippen LogP contribution in [0.2, 0.25) is 0 Å². The summed E-state index contributed by atoms with van der Waals surface area (Å²) in [6.07, 6.45) is 0.798. The molecule has 1 aromatic heterocycles. The molecule has 172 valence electrons. The van der Waals surface area contributed by atoms with Gasteiger partial charge < -0.3 is 13.9 Å². The Bertz CT molecular complexity index is 1100. The van der Waals surface area contributed by atoms with Crippen LogP contribution in [0.1, 0.15) is 20.3 Å². The van der Waals surface area contributed by atoms with E-state index in [9.17, 15) is 8.42 Å². The molecule has 1 heterocycles. The van der Waals surface area contributed by atoms with E-state index >= 15 is 0 Å². The Morgan fingerprint density at radius 1 is 1.03 bits per heavy atom.